The molecule has 1 unspecified atom stereocenters. The van der Waals surface area contributed by atoms with Crippen LogP contribution in [-0.2, 0) is 13.0 Å². The average Bonchev–Trinajstić information content (AvgIpc) is 2.95. The smallest absolute Gasteiger partial charge is 0.169 e. The molecule has 0 aliphatic rings. The second-order valence-electron chi connectivity index (χ2n) is 4.55. The molecule has 2 rings (SSSR count). The molecule has 1 N–H and O–H groups in total. The highest BCUT2D eigenvalue weighted by Crippen LogP contribution is 2.23. The third-order valence-corrected chi connectivity index (χ3v) is 4.48. The van der Waals surface area contributed by atoms with E-state index in [4.69, 9.17) is 4.74 Å². The van der Waals surface area contributed by atoms with E-state index in [1.807, 2.05) is 13.1 Å². The van der Waals surface area contributed by atoms with Crippen molar-refractivity contribution in [2.24, 2.45) is 0 Å². The van der Waals surface area contributed by atoms with E-state index < -0.39 is 0 Å². The van der Waals surface area contributed by atoms with Crippen LogP contribution < -0.4 is 10.1 Å². The lowest BCUT2D eigenvalue weighted by Gasteiger charge is -2.12. The summed E-state index contributed by atoms with van der Waals surface area (Å²) in [6.45, 7) is 4.60. The van der Waals surface area contributed by atoms with E-state index in [-0.39, 0.29) is 17.6 Å². The molecule has 0 bridgehead atoms. The van der Waals surface area contributed by atoms with Crippen LogP contribution >= 0.6 is 11.3 Å². The van der Waals surface area contributed by atoms with Crippen molar-refractivity contribution < 1.29 is 9.13 Å². The zero-order valence-electron chi connectivity index (χ0n) is 11.9. The number of ether oxygens (including phenoxy) is 1. The first-order valence-corrected chi connectivity index (χ1v) is 7.46. The first-order valence-electron chi connectivity index (χ1n) is 6.65. The maximum Gasteiger partial charge on any atom is 0.169 e. The third kappa shape index (κ3) is 3.35. The maximum absolute atomic E-state index is 14.0. The summed E-state index contributed by atoms with van der Waals surface area (Å²) in [5.41, 5.74) is 0.600. The number of benzene rings is 1. The Morgan fingerprint density at radius 1 is 1.45 bits per heavy atom. The second-order valence-corrected chi connectivity index (χ2v) is 5.70. The summed E-state index contributed by atoms with van der Waals surface area (Å²) in [6.07, 6.45) is 2.90. The van der Waals surface area contributed by atoms with Crippen LogP contribution in [-0.4, -0.2) is 12.1 Å². The highest BCUT2D eigenvalue weighted by Gasteiger charge is 2.12. The molecule has 0 spiro atoms. The van der Waals surface area contributed by atoms with E-state index in [9.17, 15) is 4.39 Å². The number of nitrogens with zero attached hydrogens (tertiary/aromatic N) is 1. The predicted octanol–water partition coefficient (Wildman–Crippen LogP) is 3.70. The summed E-state index contributed by atoms with van der Waals surface area (Å²) in [5.74, 6) is -0.0254. The van der Waals surface area contributed by atoms with Gasteiger partial charge in [-0.1, -0.05) is 19.1 Å². The highest BCUT2D eigenvalue weighted by molar-refractivity contribution is 7.11. The fraction of sp³-hybridized carbons (Fsp3) is 0.400. The Bertz CT molecular complexity index is 571. The minimum Gasteiger partial charge on any atom is -0.494 e. The first-order chi connectivity index (χ1) is 9.65. The zero-order chi connectivity index (χ0) is 14.5. The van der Waals surface area contributed by atoms with Gasteiger partial charge in [0.15, 0.2) is 11.6 Å². The number of halogens is 1. The number of hydrogen-bond donors (Lipinski definition) is 1. The van der Waals surface area contributed by atoms with Gasteiger partial charge in [0.1, 0.15) is 5.01 Å². The Hall–Kier alpha value is -1.46. The number of aromatic nitrogens is 1. The molecule has 0 saturated heterocycles. The molecule has 1 heterocycles. The summed E-state index contributed by atoms with van der Waals surface area (Å²) in [5, 5.41) is 4.33. The van der Waals surface area contributed by atoms with Crippen LogP contribution in [0.2, 0.25) is 0 Å². The van der Waals surface area contributed by atoms with Crippen molar-refractivity contribution in [2.45, 2.75) is 32.9 Å². The second kappa shape index (κ2) is 6.81. The van der Waals surface area contributed by atoms with Gasteiger partial charge in [-0.2, -0.15) is 0 Å². The van der Waals surface area contributed by atoms with Crippen LogP contribution in [0.5, 0.6) is 5.75 Å². The predicted molar refractivity (Wildman–Crippen MR) is 79.7 cm³/mol. The van der Waals surface area contributed by atoms with Gasteiger partial charge in [0.2, 0.25) is 0 Å². The van der Waals surface area contributed by atoms with Crippen LogP contribution in [0.4, 0.5) is 4.39 Å². The lowest BCUT2D eigenvalue weighted by Crippen LogP contribution is -2.18. The van der Waals surface area contributed by atoms with Crippen LogP contribution in [0.3, 0.4) is 0 Å². The number of aryl methyl sites for hydroxylation is 1. The van der Waals surface area contributed by atoms with Crippen molar-refractivity contribution >= 4 is 11.3 Å². The zero-order valence-corrected chi connectivity index (χ0v) is 12.8. The fourth-order valence-corrected chi connectivity index (χ4v) is 2.77. The Morgan fingerprint density at radius 2 is 2.25 bits per heavy atom. The minimum atomic E-state index is -0.303. The van der Waals surface area contributed by atoms with Crippen LogP contribution in [0.25, 0.3) is 0 Å². The molecule has 2 aromatic rings. The van der Waals surface area contributed by atoms with Gasteiger partial charge in [-0.15, -0.1) is 11.3 Å². The molecular weight excluding hydrogens is 275 g/mol. The van der Waals surface area contributed by atoms with E-state index in [1.54, 1.807) is 29.5 Å². The molecule has 0 radical (unpaired) electrons. The Labute approximate surface area is 122 Å². The molecule has 0 saturated carbocycles. The van der Waals surface area contributed by atoms with Crippen molar-refractivity contribution in [1.82, 2.24) is 10.3 Å². The summed E-state index contributed by atoms with van der Waals surface area (Å²) >= 11 is 1.70. The molecule has 20 heavy (non-hydrogen) atoms. The third-order valence-electron chi connectivity index (χ3n) is 3.15. The molecule has 5 heteroatoms. The summed E-state index contributed by atoms with van der Waals surface area (Å²) < 4.78 is 19.0. The number of thiazole rings is 1. The van der Waals surface area contributed by atoms with Crippen molar-refractivity contribution in [3.63, 3.8) is 0 Å². The normalized spacial score (nSPS) is 12.4. The van der Waals surface area contributed by atoms with Gasteiger partial charge in [-0.3, -0.25) is 0 Å². The van der Waals surface area contributed by atoms with Gasteiger partial charge < -0.3 is 10.1 Å². The van der Waals surface area contributed by atoms with E-state index in [0.29, 0.717) is 12.1 Å². The monoisotopic (exact) mass is 294 g/mol. The largest absolute Gasteiger partial charge is 0.494 e. The van der Waals surface area contributed by atoms with Gasteiger partial charge >= 0.3 is 0 Å². The summed E-state index contributed by atoms with van der Waals surface area (Å²) in [7, 11) is 1.47. The fourth-order valence-electron chi connectivity index (χ4n) is 1.89. The van der Waals surface area contributed by atoms with Crippen molar-refractivity contribution in [3.05, 3.63) is 45.7 Å². The number of methoxy groups -OCH3 is 1. The number of hydrogen-bond acceptors (Lipinski definition) is 4. The molecule has 0 aliphatic heterocycles. The lowest BCUT2D eigenvalue weighted by molar-refractivity contribution is 0.382. The summed E-state index contributed by atoms with van der Waals surface area (Å²) in [4.78, 5) is 5.66. The van der Waals surface area contributed by atoms with Crippen molar-refractivity contribution in [1.29, 1.82) is 0 Å². The lowest BCUT2D eigenvalue weighted by atomic mass is 10.2. The van der Waals surface area contributed by atoms with Crippen molar-refractivity contribution in [2.75, 3.05) is 7.11 Å². The van der Waals surface area contributed by atoms with Gasteiger partial charge in [-0.05, 0) is 19.4 Å². The Morgan fingerprint density at radius 3 is 2.90 bits per heavy atom. The molecule has 0 amide bonds. The topological polar surface area (TPSA) is 34.2 Å². The maximum atomic E-state index is 14.0. The Balaban J connectivity index is 2.01. The van der Waals surface area contributed by atoms with E-state index in [0.717, 1.165) is 11.4 Å². The molecule has 0 aliphatic carbocycles. The van der Waals surface area contributed by atoms with Gasteiger partial charge in [0.05, 0.1) is 13.2 Å². The SMILES string of the molecule is CCc1cnc(C(C)NCc2cccc(OC)c2F)s1. The standard InChI is InChI=1S/C15H19FN2OS/c1-4-12-9-18-15(20-12)10(2)17-8-11-6-5-7-13(19-3)14(11)16/h5-7,9-10,17H,4,8H2,1-3H3. The van der Waals surface area contributed by atoms with Gasteiger partial charge in [-0.25, -0.2) is 9.37 Å². The minimum absolute atomic E-state index is 0.103. The average molecular weight is 294 g/mol. The van der Waals surface area contributed by atoms with Crippen LogP contribution in [0.15, 0.2) is 24.4 Å². The Kier molecular flexibility index (Phi) is 5.09. The van der Waals surface area contributed by atoms with Crippen molar-refractivity contribution in [3.8, 4) is 5.75 Å². The van der Waals surface area contributed by atoms with Crippen LogP contribution in [0, 0.1) is 5.82 Å². The molecular formula is C15H19FN2OS. The molecule has 108 valence electrons. The van der Waals surface area contributed by atoms with Gasteiger partial charge in [0.25, 0.3) is 0 Å². The molecule has 1 aromatic heterocycles. The van der Waals surface area contributed by atoms with E-state index in [1.165, 1.54) is 12.0 Å². The number of rotatable bonds is 6. The first kappa shape index (κ1) is 14.9. The molecule has 3 nitrogen and oxygen atoms in total. The van der Waals surface area contributed by atoms with Crippen LogP contribution in [0.1, 0.15) is 35.3 Å². The van der Waals surface area contributed by atoms with Gasteiger partial charge in [0, 0.05) is 23.2 Å². The van der Waals surface area contributed by atoms with E-state index in [2.05, 4.69) is 17.2 Å². The molecule has 1 aromatic carbocycles. The highest BCUT2D eigenvalue weighted by atomic mass is 32.1. The number of nitrogens with one attached hydrogen (secondary N) is 1. The van der Waals surface area contributed by atoms with E-state index >= 15 is 0 Å². The quantitative estimate of drug-likeness (QED) is 0.882. The molecule has 1 atom stereocenters. The molecule has 0 fully saturated rings. The summed E-state index contributed by atoms with van der Waals surface area (Å²) in [6, 6.07) is 5.28.